The molecular formula is C33H38F4N4O6. The lowest BCUT2D eigenvalue weighted by Crippen LogP contribution is -2.55. The van der Waals surface area contributed by atoms with Crippen molar-refractivity contribution in [3.8, 4) is 5.75 Å². The molecule has 2 heterocycles. The van der Waals surface area contributed by atoms with Crippen molar-refractivity contribution in [3.05, 3.63) is 58.9 Å². The molecule has 5 rings (SSSR count). The Bertz CT molecular complexity index is 1510. The molecule has 1 N–H and O–H groups in total. The van der Waals surface area contributed by atoms with Gasteiger partial charge in [0.25, 0.3) is 11.8 Å². The molecule has 10 nitrogen and oxygen atoms in total. The first-order chi connectivity index (χ1) is 22.3. The molecule has 2 aromatic carbocycles. The Hall–Kier alpha value is -4.20. The fourth-order valence-corrected chi connectivity index (χ4v) is 6.53. The average molecular weight is 663 g/mol. The van der Waals surface area contributed by atoms with E-state index < -0.39 is 35.9 Å². The van der Waals surface area contributed by atoms with E-state index in [1.165, 1.54) is 13.0 Å². The standard InChI is InChI=1S/C33H38F4N4O6/c1-20-18-39(30(43)24-14-25(34)17-26(15-24)38-21(2)42)12-13-41(20)31(44)23-8-9-29(28(16-23)22-6-4-3-5-7-22)46-27-10-11-40(19-27)47-32(45)33(35,36)37/h8-9,14-17,20,22,27H,3-7,10-13,18-19H2,1-2H3,(H,38,42)/t20?,27-/m0/s1. The topological polar surface area (TPSA) is 108 Å². The average Bonchev–Trinajstić information content (AvgIpc) is 3.46. The summed E-state index contributed by atoms with van der Waals surface area (Å²) in [6.07, 6.45) is -0.245. The zero-order valence-corrected chi connectivity index (χ0v) is 26.3. The Morgan fingerprint density at radius 3 is 2.30 bits per heavy atom. The number of ether oxygens (including phenoxy) is 1. The summed E-state index contributed by atoms with van der Waals surface area (Å²) < 4.78 is 58.4. The van der Waals surface area contributed by atoms with Crippen LogP contribution in [0.1, 0.15) is 84.6 Å². The lowest BCUT2D eigenvalue weighted by Gasteiger charge is -2.40. The van der Waals surface area contributed by atoms with Gasteiger partial charge in [-0.15, -0.1) is 5.06 Å². The molecule has 2 aromatic rings. The van der Waals surface area contributed by atoms with Crippen LogP contribution in [-0.4, -0.2) is 89.6 Å². The summed E-state index contributed by atoms with van der Waals surface area (Å²) >= 11 is 0. The summed E-state index contributed by atoms with van der Waals surface area (Å²) in [5.41, 5.74) is 1.60. The third kappa shape index (κ3) is 8.40. The van der Waals surface area contributed by atoms with Gasteiger partial charge in [-0.25, -0.2) is 9.18 Å². The number of carbonyl (C=O) groups is 4. The fraction of sp³-hybridized carbons (Fsp3) is 0.515. The highest BCUT2D eigenvalue weighted by Gasteiger charge is 2.43. The van der Waals surface area contributed by atoms with Gasteiger partial charge in [0.2, 0.25) is 5.91 Å². The van der Waals surface area contributed by atoms with Crippen molar-refractivity contribution in [1.29, 1.82) is 0 Å². The maximum absolute atomic E-state index is 14.2. The van der Waals surface area contributed by atoms with Crippen molar-refractivity contribution in [2.24, 2.45) is 0 Å². The molecule has 3 amide bonds. The summed E-state index contributed by atoms with van der Waals surface area (Å²) in [4.78, 5) is 57.5. The number of benzene rings is 2. The van der Waals surface area contributed by atoms with Gasteiger partial charge in [-0.1, -0.05) is 19.3 Å². The molecule has 1 aliphatic carbocycles. The number of hydroxylamine groups is 2. The van der Waals surface area contributed by atoms with Crippen LogP contribution in [0.2, 0.25) is 0 Å². The van der Waals surface area contributed by atoms with Gasteiger partial charge >= 0.3 is 12.1 Å². The molecule has 1 unspecified atom stereocenters. The minimum Gasteiger partial charge on any atom is -0.489 e. The first-order valence-electron chi connectivity index (χ1n) is 15.8. The van der Waals surface area contributed by atoms with Crippen LogP contribution < -0.4 is 10.1 Å². The Balaban J connectivity index is 1.27. The number of alkyl halides is 3. The third-order valence-corrected chi connectivity index (χ3v) is 8.79. The van der Waals surface area contributed by atoms with Crippen LogP contribution in [0.25, 0.3) is 0 Å². The number of rotatable bonds is 7. The number of carbonyl (C=O) groups excluding carboxylic acids is 4. The summed E-state index contributed by atoms with van der Waals surface area (Å²) in [6, 6.07) is 8.55. The molecule has 14 heteroatoms. The first kappa shape index (κ1) is 34.1. The number of nitrogens with zero attached hydrogens (tertiary/aromatic N) is 3. The first-order valence-corrected chi connectivity index (χ1v) is 15.8. The van der Waals surface area contributed by atoms with E-state index in [4.69, 9.17) is 4.74 Å². The predicted octanol–water partition coefficient (Wildman–Crippen LogP) is 5.29. The van der Waals surface area contributed by atoms with Crippen molar-refractivity contribution >= 4 is 29.4 Å². The normalized spacial score (nSPS) is 21.0. The molecular weight excluding hydrogens is 624 g/mol. The third-order valence-electron chi connectivity index (χ3n) is 8.79. The van der Waals surface area contributed by atoms with Crippen LogP contribution in [0.15, 0.2) is 36.4 Å². The molecule has 3 fully saturated rings. The van der Waals surface area contributed by atoms with Gasteiger partial charge in [0.15, 0.2) is 0 Å². The Morgan fingerprint density at radius 1 is 0.872 bits per heavy atom. The largest absolute Gasteiger partial charge is 0.492 e. The van der Waals surface area contributed by atoms with E-state index in [1.807, 2.05) is 13.0 Å². The monoisotopic (exact) mass is 662 g/mol. The summed E-state index contributed by atoms with van der Waals surface area (Å²) in [5.74, 6) is -3.23. The van der Waals surface area contributed by atoms with Crippen molar-refractivity contribution in [3.63, 3.8) is 0 Å². The van der Waals surface area contributed by atoms with Crippen molar-refractivity contribution < 1.29 is 46.3 Å². The number of anilines is 1. The van der Waals surface area contributed by atoms with Crippen LogP contribution >= 0.6 is 0 Å². The summed E-state index contributed by atoms with van der Waals surface area (Å²) in [6.45, 7) is 3.92. The molecule has 3 aliphatic rings. The van der Waals surface area contributed by atoms with E-state index >= 15 is 0 Å². The Labute approximate surface area is 269 Å². The second kappa shape index (κ2) is 14.3. The second-order valence-electron chi connectivity index (χ2n) is 12.4. The highest BCUT2D eigenvalue weighted by Crippen LogP contribution is 2.39. The highest BCUT2D eigenvalue weighted by atomic mass is 19.4. The van der Waals surface area contributed by atoms with Gasteiger partial charge in [-0.3, -0.25) is 14.4 Å². The number of halogens is 4. The minimum absolute atomic E-state index is 0.0166. The predicted molar refractivity (Wildman–Crippen MR) is 162 cm³/mol. The molecule has 2 saturated heterocycles. The van der Waals surface area contributed by atoms with Gasteiger partial charge in [-0.05, 0) is 67.6 Å². The van der Waals surface area contributed by atoms with E-state index in [1.54, 1.807) is 21.9 Å². The Kier molecular flexibility index (Phi) is 10.4. The van der Waals surface area contributed by atoms with Crippen LogP contribution in [0.5, 0.6) is 5.75 Å². The van der Waals surface area contributed by atoms with E-state index in [-0.39, 0.29) is 61.8 Å². The molecule has 0 bridgehead atoms. The molecule has 0 spiro atoms. The summed E-state index contributed by atoms with van der Waals surface area (Å²) in [5, 5.41) is 3.45. The molecule has 2 atom stereocenters. The number of amides is 3. The molecule has 254 valence electrons. The van der Waals surface area contributed by atoms with Crippen LogP contribution in [0.3, 0.4) is 0 Å². The smallest absolute Gasteiger partial charge is 0.489 e. The van der Waals surface area contributed by atoms with E-state index in [2.05, 4.69) is 10.2 Å². The lowest BCUT2D eigenvalue weighted by molar-refractivity contribution is -0.235. The molecule has 0 aromatic heterocycles. The highest BCUT2D eigenvalue weighted by molar-refractivity contribution is 5.98. The van der Waals surface area contributed by atoms with Gasteiger partial charge in [-0.2, -0.15) is 13.2 Å². The zero-order valence-electron chi connectivity index (χ0n) is 26.3. The number of hydrogen-bond acceptors (Lipinski definition) is 7. The van der Waals surface area contributed by atoms with Gasteiger partial charge in [0.05, 0.1) is 6.54 Å². The van der Waals surface area contributed by atoms with Crippen LogP contribution in [0, 0.1) is 5.82 Å². The maximum atomic E-state index is 14.2. The molecule has 2 aliphatic heterocycles. The van der Waals surface area contributed by atoms with Crippen molar-refractivity contribution in [2.45, 2.75) is 76.6 Å². The second-order valence-corrected chi connectivity index (χ2v) is 12.4. The zero-order chi connectivity index (χ0) is 33.9. The lowest BCUT2D eigenvalue weighted by atomic mass is 9.83. The van der Waals surface area contributed by atoms with E-state index in [0.717, 1.165) is 54.9 Å². The van der Waals surface area contributed by atoms with Gasteiger partial charge in [0.1, 0.15) is 17.7 Å². The van der Waals surface area contributed by atoms with Crippen molar-refractivity contribution in [1.82, 2.24) is 14.9 Å². The molecule has 1 saturated carbocycles. The number of hydrogen-bond donors (Lipinski definition) is 1. The Morgan fingerprint density at radius 2 is 1.62 bits per heavy atom. The van der Waals surface area contributed by atoms with Crippen LogP contribution in [-0.2, 0) is 14.4 Å². The summed E-state index contributed by atoms with van der Waals surface area (Å²) in [7, 11) is 0. The van der Waals surface area contributed by atoms with Gasteiger partial charge < -0.3 is 24.7 Å². The van der Waals surface area contributed by atoms with Gasteiger partial charge in [0, 0.05) is 62.4 Å². The van der Waals surface area contributed by atoms with Crippen molar-refractivity contribution in [2.75, 3.05) is 38.0 Å². The van der Waals surface area contributed by atoms with E-state index in [0.29, 0.717) is 17.7 Å². The maximum Gasteiger partial charge on any atom is 0.492 e. The fourth-order valence-electron chi connectivity index (χ4n) is 6.53. The SMILES string of the molecule is CC(=O)Nc1cc(F)cc(C(=O)N2CCN(C(=O)c3ccc(O[C@H]4CCN(OC(=O)C(F)(F)F)C4)c(C4CCCCC4)c3)C(C)C2)c1. The number of nitrogens with one attached hydrogen (secondary N) is 1. The number of piperazine rings is 1. The molecule has 47 heavy (non-hydrogen) atoms. The quantitative estimate of drug-likeness (QED) is 0.402. The minimum atomic E-state index is -5.09. The van der Waals surface area contributed by atoms with E-state index in [9.17, 15) is 36.7 Å². The van der Waals surface area contributed by atoms with Crippen LogP contribution in [0.4, 0.5) is 23.2 Å². The molecule has 0 radical (unpaired) electrons.